The number of thiophene rings is 1. The fraction of sp³-hybridized carbons (Fsp3) is 0.286. The summed E-state index contributed by atoms with van der Waals surface area (Å²) in [5.41, 5.74) is 1.96. The number of ether oxygens (including phenoxy) is 1. The van der Waals surface area contributed by atoms with Crippen LogP contribution < -0.4 is 4.74 Å². The van der Waals surface area contributed by atoms with E-state index in [4.69, 9.17) is 4.74 Å². The van der Waals surface area contributed by atoms with E-state index in [0.29, 0.717) is 6.61 Å². The van der Waals surface area contributed by atoms with Crippen LogP contribution in [0.2, 0.25) is 0 Å². The highest BCUT2D eigenvalue weighted by Crippen LogP contribution is 2.26. The minimum absolute atomic E-state index is 0.439. The normalized spacial score (nSPS) is 12.4. The number of aliphatic hydroxyl groups excluding tert-OH is 1. The van der Waals surface area contributed by atoms with E-state index in [1.807, 2.05) is 37.3 Å². The molecule has 2 rings (SSSR count). The van der Waals surface area contributed by atoms with E-state index >= 15 is 0 Å². The van der Waals surface area contributed by atoms with Gasteiger partial charge in [0.2, 0.25) is 0 Å². The molecule has 1 atom stereocenters. The molecule has 96 valence electrons. The summed E-state index contributed by atoms with van der Waals surface area (Å²) in [6.45, 7) is 4.33. The molecule has 0 saturated carbocycles. The molecule has 0 aliphatic carbocycles. The largest absolute Gasteiger partial charge is 0.488 e. The zero-order chi connectivity index (χ0) is 13.1. The third kappa shape index (κ3) is 3.34. The zero-order valence-corrected chi connectivity index (χ0v) is 12.7. The average Bonchev–Trinajstić information content (AvgIpc) is 2.73. The van der Waals surface area contributed by atoms with Crippen molar-refractivity contribution in [2.24, 2.45) is 0 Å². The van der Waals surface area contributed by atoms with Crippen molar-refractivity contribution in [1.82, 2.24) is 0 Å². The second-order valence-corrected chi connectivity index (χ2v) is 6.74. The molecule has 0 radical (unpaired) electrons. The van der Waals surface area contributed by atoms with Gasteiger partial charge in [0.05, 0.1) is 9.89 Å². The second kappa shape index (κ2) is 5.87. The minimum atomic E-state index is -0.439. The van der Waals surface area contributed by atoms with Gasteiger partial charge in [0.15, 0.2) is 0 Å². The molecule has 1 heterocycles. The summed E-state index contributed by atoms with van der Waals surface area (Å²) in [6.07, 6.45) is -0.439. The van der Waals surface area contributed by atoms with Crippen molar-refractivity contribution in [2.45, 2.75) is 26.6 Å². The van der Waals surface area contributed by atoms with E-state index in [9.17, 15) is 5.11 Å². The van der Waals surface area contributed by atoms with Crippen molar-refractivity contribution in [1.29, 1.82) is 0 Å². The molecule has 1 aromatic carbocycles. The summed E-state index contributed by atoms with van der Waals surface area (Å²) >= 11 is 5.11. The van der Waals surface area contributed by atoms with Gasteiger partial charge in [0.1, 0.15) is 12.4 Å². The lowest BCUT2D eigenvalue weighted by molar-refractivity contribution is 0.199. The molecule has 0 aliphatic rings. The summed E-state index contributed by atoms with van der Waals surface area (Å²) in [4.78, 5) is 1.18. The lowest BCUT2D eigenvalue weighted by atomic mass is 10.1. The Labute approximate surface area is 119 Å². The van der Waals surface area contributed by atoms with E-state index in [1.54, 1.807) is 18.3 Å². The van der Waals surface area contributed by atoms with Crippen LogP contribution in [0.15, 0.2) is 34.1 Å². The Morgan fingerprint density at radius 3 is 2.67 bits per heavy atom. The monoisotopic (exact) mass is 326 g/mol. The van der Waals surface area contributed by atoms with Crippen LogP contribution in [0.25, 0.3) is 0 Å². The minimum Gasteiger partial charge on any atom is -0.488 e. The van der Waals surface area contributed by atoms with Crippen molar-refractivity contribution >= 4 is 27.3 Å². The van der Waals surface area contributed by atoms with E-state index in [0.717, 1.165) is 20.7 Å². The maximum Gasteiger partial charge on any atom is 0.122 e. The molecule has 0 spiro atoms. The number of hydrogen-bond acceptors (Lipinski definition) is 3. The number of rotatable bonds is 4. The van der Waals surface area contributed by atoms with Crippen molar-refractivity contribution in [2.75, 3.05) is 0 Å². The van der Waals surface area contributed by atoms with Crippen LogP contribution in [0.3, 0.4) is 0 Å². The lowest BCUT2D eigenvalue weighted by Gasteiger charge is -2.11. The molecule has 1 aromatic heterocycles. The quantitative estimate of drug-likeness (QED) is 0.899. The Hall–Kier alpha value is -0.840. The van der Waals surface area contributed by atoms with Crippen molar-refractivity contribution in [3.8, 4) is 5.75 Å². The van der Waals surface area contributed by atoms with Crippen LogP contribution in [0.4, 0.5) is 0 Å². The third-order valence-corrected chi connectivity index (χ3v) is 4.28. The molecular formula is C14H15BrO2S. The van der Waals surface area contributed by atoms with Crippen molar-refractivity contribution in [3.05, 3.63) is 50.1 Å². The Morgan fingerprint density at radius 2 is 2.11 bits per heavy atom. The molecule has 0 fully saturated rings. The van der Waals surface area contributed by atoms with E-state index in [-0.39, 0.29) is 0 Å². The average molecular weight is 327 g/mol. The molecule has 1 N–H and O–H groups in total. The molecule has 0 amide bonds. The van der Waals surface area contributed by atoms with Crippen molar-refractivity contribution in [3.63, 3.8) is 0 Å². The summed E-state index contributed by atoms with van der Waals surface area (Å²) in [7, 11) is 0. The van der Waals surface area contributed by atoms with Crippen LogP contribution >= 0.6 is 27.3 Å². The number of aryl methyl sites for hydroxylation is 1. The van der Waals surface area contributed by atoms with E-state index < -0.39 is 6.10 Å². The predicted octanol–water partition coefficient (Wildman–Crippen LogP) is 4.45. The first-order valence-electron chi connectivity index (χ1n) is 5.72. The van der Waals surface area contributed by atoms with Crippen LogP contribution in [0.1, 0.15) is 29.0 Å². The van der Waals surface area contributed by atoms with Gasteiger partial charge in [-0.1, -0.05) is 6.07 Å². The SMILES string of the molecule is Cc1cc(C(C)O)ccc1OCc1ccc(Br)s1. The van der Waals surface area contributed by atoms with Gasteiger partial charge in [0.25, 0.3) is 0 Å². The lowest BCUT2D eigenvalue weighted by Crippen LogP contribution is -1.97. The number of halogens is 1. The molecule has 0 saturated heterocycles. The summed E-state index contributed by atoms with van der Waals surface area (Å²) < 4.78 is 6.89. The standard InChI is InChI=1S/C14H15BrO2S/c1-9-7-11(10(2)16)3-5-13(9)17-8-12-4-6-14(15)18-12/h3-7,10,16H,8H2,1-2H3. The van der Waals surface area contributed by atoms with Gasteiger partial charge in [-0.05, 0) is 65.2 Å². The number of hydrogen-bond donors (Lipinski definition) is 1. The van der Waals surface area contributed by atoms with Crippen LogP contribution in [0, 0.1) is 6.92 Å². The van der Waals surface area contributed by atoms with Gasteiger partial charge in [-0.25, -0.2) is 0 Å². The van der Waals surface area contributed by atoms with Gasteiger partial charge in [-0.3, -0.25) is 0 Å². The van der Waals surface area contributed by atoms with Gasteiger partial charge < -0.3 is 9.84 Å². The van der Waals surface area contributed by atoms with E-state index in [1.165, 1.54) is 4.88 Å². The van der Waals surface area contributed by atoms with Crippen LogP contribution in [-0.2, 0) is 6.61 Å². The predicted molar refractivity (Wildman–Crippen MR) is 78.2 cm³/mol. The van der Waals surface area contributed by atoms with Gasteiger partial charge in [-0.2, -0.15) is 0 Å². The third-order valence-electron chi connectivity index (χ3n) is 2.68. The fourth-order valence-corrected chi connectivity index (χ4v) is 3.07. The second-order valence-electron chi connectivity index (χ2n) is 4.20. The van der Waals surface area contributed by atoms with Crippen molar-refractivity contribution < 1.29 is 9.84 Å². The smallest absolute Gasteiger partial charge is 0.122 e. The molecule has 0 bridgehead atoms. The molecule has 2 nitrogen and oxygen atoms in total. The van der Waals surface area contributed by atoms with Gasteiger partial charge in [-0.15, -0.1) is 11.3 Å². The maximum atomic E-state index is 9.51. The van der Waals surface area contributed by atoms with Gasteiger partial charge in [0, 0.05) is 4.88 Å². The summed E-state index contributed by atoms with van der Waals surface area (Å²) in [5, 5.41) is 9.51. The first-order chi connectivity index (χ1) is 8.56. The first-order valence-corrected chi connectivity index (χ1v) is 7.33. The molecule has 1 unspecified atom stereocenters. The van der Waals surface area contributed by atoms with Crippen LogP contribution in [0.5, 0.6) is 5.75 Å². The Bertz CT molecular complexity index is 534. The highest BCUT2D eigenvalue weighted by molar-refractivity contribution is 9.11. The molecule has 2 aromatic rings. The summed E-state index contributed by atoms with van der Waals surface area (Å²) in [6, 6.07) is 9.85. The van der Waals surface area contributed by atoms with Crippen LogP contribution in [-0.4, -0.2) is 5.11 Å². The van der Waals surface area contributed by atoms with Gasteiger partial charge >= 0.3 is 0 Å². The number of benzene rings is 1. The number of aliphatic hydroxyl groups is 1. The molecule has 4 heteroatoms. The topological polar surface area (TPSA) is 29.5 Å². The van der Waals surface area contributed by atoms with E-state index in [2.05, 4.69) is 15.9 Å². The Balaban J connectivity index is 2.05. The Morgan fingerprint density at radius 1 is 1.33 bits per heavy atom. The zero-order valence-electron chi connectivity index (χ0n) is 10.3. The fourth-order valence-electron chi connectivity index (χ4n) is 1.67. The highest BCUT2D eigenvalue weighted by atomic mass is 79.9. The molecular weight excluding hydrogens is 312 g/mol. The molecule has 18 heavy (non-hydrogen) atoms. The Kier molecular flexibility index (Phi) is 4.43. The first kappa shape index (κ1) is 13.6. The highest BCUT2D eigenvalue weighted by Gasteiger charge is 2.06. The summed E-state index contributed by atoms with van der Waals surface area (Å²) in [5.74, 6) is 0.865. The molecule has 0 aliphatic heterocycles. The maximum absolute atomic E-state index is 9.51.